The van der Waals surface area contributed by atoms with Crippen LogP contribution in [-0.2, 0) is 5.41 Å². The molecule has 3 rings (SSSR count). The second-order valence-corrected chi connectivity index (χ2v) is 6.67. The van der Waals surface area contributed by atoms with E-state index in [2.05, 4.69) is 50.6 Å². The minimum atomic E-state index is 0.0921. The first-order valence-electron chi connectivity index (χ1n) is 6.18. The molecule has 1 heterocycles. The van der Waals surface area contributed by atoms with Crippen LogP contribution < -0.4 is 5.73 Å². The lowest BCUT2D eigenvalue weighted by Crippen LogP contribution is -2.24. The maximum atomic E-state index is 5.81. The fraction of sp³-hybridized carbons (Fsp3) is 0.357. The SMILES string of the molecule is Nc1nc(C2(c3ccc(Br)cc3)CCCC2)cs1. The zero-order valence-electron chi connectivity index (χ0n) is 10.0. The van der Waals surface area contributed by atoms with Gasteiger partial charge in [-0.05, 0) is 30.5 Å². The van der Waals surface area contributed by atoms with Gasteiger partial charge in [0.05, 0.1) is 5.69 Å². The highest BCUT2D eigenvalue weighted by atomic mass is 79.9. The van der Waals surface area contributed by atoms with Gasteiger partial charge in [0, 0.05) is 15.3 Å². The summed E-state index contributed by atoms with van der Waals surface area (Å²) in [5.74, 6) is 0. The molecule has 2 N–H and O–H groups in total. The number of anilines is 1. The fourth-order valence-corrected chi connectivity index (χ4v) is 3.87. The molecule has 1 fully saturated rings. The summed E-state index contributed by atoms with van der Waals surface area (Å²) in [5, 5.41) is 2.80. The van der Waals surface area contributed by atoms with E-state index >= 15 is 0 Å². The molecule has 1 aromatic heterocycles. The number of thiazole rings is 1. The number of hydrogen-bond acceptors (Lipinski definition) is 3. The summed E-state index contributed by atoms with van der Waals surface area (Å²) in [6, 6.07) is 8.66. The van der Waals surface area contributed by atoms with Crippen molar-refractivity contribution in [3.8, 4) is 0 Å². The Morgan fingerprint density at radius 2 is 1.83 bits per heavy atom. The largest absolute Gasteiger partial charge is 0.375 e. The first-order chi connectivity index (χ1) is 8.71. The van der Waals surface area contributed by atoms with Gasteiger partial charge in [-0.1, -0.05) is 40.9 Å². The van der Waals surface area contributed by atoms with Crippen molar-refractivity contribution in [1.29, 1.82) is 0 Å². The number of nitrogens with two attached hydrogens (primary N) is 1. The van der Waals surface area contributed by atoms with Crippen molar-refractivity contribution in [2.24, 2.45) is 0 Å². The Balaban J connectivity index is 2.09. The predicted molar refractivity (Wildman–Crippen MR) is 79.9 cm³/mol. The Morgan fingerprint density at radius 1 is 1.17 bits per heavy atom. The highest BCUT2D eigenvalue weighted by Crippen LogP contribution is 2.46. The molecule has 2 aromatic rings. The third-order valence-corrected chi connectivity index (χ3v) is 5.07. The lowest BCUT2D eigenvalue weighted by Gasteiger charge is -2.27. The second-order valence-electron chi connectivity index (χ2n) is 4.87. The average molecular weight is 323 g/mol. The van der Waals surface area contributed by atoms with Crippen molar-refractivity contribution in [3.63, 3.8) is 0 Å². The van der Waals surface area contributed by atoms with Crippen LogP contribution in [0.5, 0.6) is 0 Å². The van der Waals surface area contributed by atoms with Crippen LogP contribution in [0.3, 0.4) is 0 Å². The van der Waals surface area contributed by atoms with Crippen molar-refractivity contribution < 1.29 is 0 Å². The molecule has 1 saturated carbocycles. The van der Waals surface area contributed by atoms with E-state index in [9.17, 15) is 0 Å². The highest BCUT2D eigenvalue weighted by Gasteiger charge is 2.39. The summed E-state index contributed by atoms with van der Waals surface area (Å²) in [6.07, 6.45) is 4.90. The van der Waals surface area contributed by atoms with Crippen LogP contribution in [-0.4, -0.2) is 4.98 Å². The zero-order valence-corrected chi connectivity index (χ0v) is 12.4. The predicted octanol–water partition coefficient (Wildman–Crippen LogP) is 4.35. The van der Waals surface area contributed by atoms with E-state index in [0.717, 1.165) is 10.2 Å². The third-order valence-electron chi connectivity index (χ3n) is 3.87. The normalized spacial score (nSPS) is 18.1. The molecular formula is C14H15BrN2S. The third kappa shape index (κ3) is 1.97. The van der Waals surface area contributed by atoms with E-state index in [1.165, 1.54) is 31.2 Å². The van der Waals surface area contributed by atoms with Gasteiger partial charge in [0.2, 0.25) is 0 Å². The number of rotatable bonds is 2. The molecule has 1 aliphatic rings. The molecule has 94 valence electrons. The molecule has 1 aromatic carbocycles. The number of nitrogen functional groups attached to an aromatic ring is 1. The van der Waals surface area contributed by atoms with Crippen molar-refractivity contribution in [2.45, 2.75) is 31.1 Å². The molecule has 2 nitrogen and oxygen atoms in total. The topological polar surface area (TPSA) is 38.9 Å². The van der Waals surface area contributed by atoms with Gasteiger partial charge >= 0.3 is 0 Å². The number of halogens is 1. The van der Waals surface area contributed by atoms with Crippen LogP contribution in [0.25, 0.3) is 0 Å². The van der Waals surface area contributed by atoms with Crippen molar-refractivity contribution in [2.75, 3.05) is 5.73 Å². The van der Waals surface area contributed by atoms with Crippen LogP contribution in [0, 0.1) is 0 Å². The summed E-state index contributed by atoms with van der Waals surface area (Å²) in [7, 11) is 0. The van der Waals surface area contributed by atoms with Gasteiger partial charge in [0.15, 0.2) is 5.13 Å². The Labute approximate surface area is 119 Å². The minimum absolute atomic E-state index is 0.0921. The van der Waals surface area contributed by atoms with Crippen LogP contribution >= 0.6 is 27.3 Å². The van der Waals surface area contributed by atoms with E-state index in [-0.39, 0.29) is 5.41 Å². The van der Waals surface area contributed by atoms with Crippen LogP contribution in [0.1, 0.15) is 36.9 Å². The van der Waals surface area contributed by atoms with Crippen LogP contribution in [0.15, 0.2) is 34.1 Å². The summed E-state index contributed by atoms with van der Waals surface area (Å²) in [4.78, 5) is 4.55. The second kappa shape index (κ2) is 4.67. The number of nitrogens with zero attached hydrogens (tertiary/aromatic N) is 1. The van der Waals surface area contributed by atoms with E-state index in [0.29, 0.717) is 5.13 Å². The van der Waals surface area contributed by atoms with E-state index in [1.54, 1.807) is 11.3 Å². The standard InChI is InChI=1S/C14H15BrN2S/c15-11-5-3-10(4-6-11)14(7-1-2-8-14)12-9-18-13(16)17-12/h3-6,9H,1-2,7-8H2,(H2,16,17). The molecule has 0 aliphatic heterocycles. The van der Waals surface area contributed by atoms with Gasteiger partial charge in [0.25, 0.3) is 0 Å². The molecule has 0 atom stereocenters. The Kier molecular flexibility index (Phi) is 3.16. The first kappa shape index (κ1) is 12.2. The summed E-state index contributed by atoms with van der Waals surface area (Å²) >= 11 is 5.04. The Morgan fingerprint density at radius 3 is 2.39 bits per heavy atom. The molecule has 0 radical (unpaired) electrons. The van der Waals surface area contributed by atoms with Crippen molar-refractivity contribution in [1.82, 2.24) is 4.98 Å². The smallest absolute Gasteiger partial charge is 0.180 e. The van der Waals surface area contributed by atoms with Gasteiger partial charge in [-0.2, -0.15) is 0 Å². The van der Waals surface area contributed by atoms with Crippen LogP contribution in [0.4, 0.5) is 5.13 Å². The molecule has 18 heavy (non-hydrogen) atoms. The highest BCUT2D eigenvalue weighted by molar-refractivity contribution is 9.10. The Bertz CT molecular complexity index is 541. The van der Waals surface area contributed by atoms with Gasteiger partial charge in [-0.15, -0.1) is 11.3 Å². The van der Waals surface area contributed by atoms with Gasteiger partial charge in [0.1, 0.15) is 0 Å². The number of aromatic nitrogens is 1. The summed E-state index contributed by atoms with van der Waals surface area (Å²) < 4.78 is 1.12. The van der Waals surface area contributed by atoms with Crippen molar-refractivity contribution in [3.05, 3.63) is 45.4 Å². The van der Waals surface area contributed by atoms with E-state index < -0.39 is 0 Å². The molecule has 4 heteroatoms. The van der Waals surface area contributed by atoms with Gasteiger partial charge in [-0.3, -0.25) is 0 Å². The molecule has 0 bridgehead atoms. The minimum Gasteiger partial charge on any atom is -0.375 e. The van der Waals surface area contributed by atoms with Crippen molar-refractivity contribution >= 4 is 32.4 Å². The molecule has 0 saturated heterocycles. The molecule has 0 amide bonds. The van der Waals surface area contributed by atoms with E-state index in [1.807, 2.05) is 0 Å². The first-order valence-corrected chi connectivity index (χ1v) is 7.85. The molecule has 0 unspecified atom stereocenters. The average Bonchev–Trinajstić information content (AvgIpc) is 2.99. The van der Waals surface area contributed by atoms with Gasteiger partial charge in [-0.25, -0.2) is 4.98 Å². The summed E-state index contributed by atoms with van der Waals surface area (Å²) in [6.45, 7) is 0. The fourth-order valence-electron chi connectivity index (χ4n) is 2.95. The maximum Gasteiger partial charge on any atom is 0.180 e. The molecule has 0 spiro atoms. The number of hydrogen-bond donors (Lipinski definition) is 1. The van der Waals surface area contributed by atoms with E-state index in [4.69, 9.17) is 5.73 Å². The lowest BCUT2D eigenvalue weighted by atomic mass is 9.76. The molecular weight excluding hydrogens is 308 g/mol. The quantitative estimate of drug-likeness (QED) is 0.892. The maximum absolute atomic E-state index is 5.81. The van der Waals surface area contributed by atoms with Crippen LogP contribution in [0.2, 0.25) is 0 Å². The summed E-state index contributed by atoms with van der Waals surface area (Å²) in [5.41, 5.74) is 8.43. The number of benzene rings is 1. The monoisotopic (exact) mass is 322 g/mol. The Hall–Kier alpha value is -0.870. The molecule has 1 aliphatic carbocycles. The zero-order chi connectivity index (χ0) is 12.6. The lowest BCUT2D eigenvalue weighted by molar-refractivity contribution is 0.522. The van der Waals surface area contributed by atoms with Gasteiger partial charge < -0.3 is 5.73 Å².